The van der Waals surface area contributed by atoms with E-state index in [0.717, 1.165) is 38.5 Å². The molecule has 2 unspecified atom stereocenters. The quantitative estimate of drug-likeness (QED) is 0.0417. The molecule has 0 aromatic rings. The van der Waals surface area contributed by atoms with E-state index in [1.807, 2.05) is 0 Å². The van der Waals surface area contributed by atoms with E-state index in [4.69, 9.17) is 4.74 Å². The van der Waals surface area contributed by atoms with Gasteiger partial charge in [0.25, 0.3) is 0 Å². The van der Waals surface area contributed by atoms with Crippen LogP contribution >= 0.6 is 0 Å². The molecule has 0 saturated carbocycles. The molecular formula is C74H147NO5. The van der Waals surface area contributed by atoms with E-state index in [1.165, 1.54) is 366 Å². The summed E-state index contributed by atoms with van der Waals surface area (Å²) < 4.78 is 5.51. The van der Waals surface area contributed by atoms with E-state index in [2.05, 4.69) is 19.2 Å². The van der Waals surface area contributed by atoms with Crippen molar-refractivity contribution in [3.8, 4) is 0 Å². The fourth-order valence-electron chi connectivity index (χ4n) is 12.2. The average molecular weight is 1130 g/mol. The number of unbranched alkanes of at least 4 members (excludes halogenated alkanes) is 60. The van der Waals surface area contributed by atoms with Crippen LogP contribution in [-0.2, 0) is 14.3 Å². The van der Waals surface area contributed by atoms with Crippen LogP contribution in [0.3, 0.4) is 0 Å². The molecule has 0 aliphatic carbocycles. The van der Waals surface area contributed by atoms with Crippen molar-refractivity contribution >= 4 is 11.9 Å². The lowest BCUT2D eigenvalue weighted by atomic mass is 10.0. The molecule has 0 aliphatic heterocycles. The molecule has 0 spiro atoms. The lowest BCUT2D eigenvalue weighted by Crippen LogP contribution is -2.45. The molecule has 1 amide bonds. The van der Waals surface area contributed by atoms with Crippen LogP contribution in [0.25, 0.3) is 0 Å². The first-order chi connectivity index (χ1) is 39.5. The third kappa shape index (κ3) is 66.0. The number of carbonyl (C=O) groups excluding carboxylic acids is 2. The van der Waals surface area contributed by atoms with Crippen LogP contribution in [0.1, 0.15) is 438 Å². The predicted molar refractivity (Wildman–Crippen MR) is 352 cm³/mol. The van der Waals surface area contributed by atoms with Crippen molar-refractivity contribution in [2.45, 2.75) is 450 Å². The molecule has 80 heavy (non-hydrogen) atoms. The van der Waals surface area contributed by atoms with Gasteiger partial charge in [0.2, 0.25) is 5.91 Å². The van der Waals surface area contributed by atoms with Gasteiger partial charge in [0, 0.05) is 12.8 Å². The Morgan fingerprint density at radius 1 is 0.300 bits per heavy atom. The van der Waals surface area contributed by atoms with Gasteiger partial charge in [0.1, 0.15) is 0 Å². The van der Waals surface area contributed by atoms with Crippen LogP contribution in [0.5, 0.6) is 0 Å². The Kier molecular flexibility index (Phi) is 69.3. The molecule has 0 aliphatic rings. The van der Waals surface area contributed by atoms with Gasteiger partial charge in [-0.2, -0.15) is 0 Å². The third-order valence-corrected chi connectivity index (χ3v) is 17.9. The predicted octanol–water partition coefficient (Wildman–Crippen LogP) is 24.2. The summed E-state index contributed by atoms with van der Waals surface area (Å²) in [6.45, 7) is 5.01. The number of amides is 1. The number of hydrogen-bond donors (Lipinski definition) is 3. The maximum Gasteiger partial charge on any atom is 0.305 e. The zero-order chi connectivity index (χ0) is 57.8. The molecule has 6 heteroatoms. The van der Waals surface area contributed by atoms with Crippen LogP contribution in [-0.4, -0.2) is 47.4 Å². The number of rotatable bonds is 71. The van der Waals surface area contributed by atoms with Gasteiger partial charge in [-0.05, 0) is 25.7 Å². The highest BCUT2D eigenvalue weighted by atomic mass is 16.5. The number of esters is 1. The minimum Gasteiger partial charge on any atom is -0.466 e. The molecule has 0 aromatic heterocycles. The van der Waals surface area contributed by atoms with Gasteiger partial charge in [0.15, 0.2) is 0 Å². The third-order valence-electron chi connectivity index (χ3n) is 17.9. The van der Waals surface area contributed by atoms with Crippen molar-refractivity contribution < 1.29 is 24.5 Å². The molecule has 0 bridgehead atoms. The molecule has 0 aromatic carbocycles. The van der Waals surface area contributed by atoms with Crippen LogP contribution < -0.4 is 5.32 Å². The fourth-order valence-corrected chi connectivity index (χ4v) is 12.2. The minimum absolute atomic E-state index is 0.0159. The number of hydrogen-bond acceptors (Lipinski definition) is 5. The second kappa shape index (κ2) is 70.3. The van der Waals surface area contributed by atoms with E-state index in [9.17, 15) is 19.8 Å². The van der Waals surface area contributed by atoms with Crippen LogP contribution in [0, 0.1) is 0 Å². The van der Waals surface area contributed by atoms with Crippen LogP contribution in [0.2, 0.25) is 0 Å². The Morgan fingerprint density at radius 2 is 0.512 bits per heavy atom. The van der Waals surface area contributed by atoms with Gasteiger partial charge in [-0.15, -0.1) is 0 Å². The Bertz CT molecular complexity index is 1160. The van der Waals surface area contributed by atoms with E-state index in [0.29, 0.717) is 25.9 Å². The number of aliphatic hydroxyl groups excluding tert-OH is 2. The highest BCUT2D eigenvalue weighted by Crippen LogP contribution is 2.20. The largest absolute Gasteiger partial charge is 0.466 e. The van der Waals surface area contributed by atoms with E-state index < -0.39 is 12.1 Å². The lowest BCUT2D eigenvalue weighted by Gasteiger charge is -2.22. The summed E-state index contributed by atoms with van der Waals surface area (Å²) in [5.41, 5.74) is 0. The fraction of sp³-hybridized carbons (Fsp3) is 0.973. The van der Waals surface area contributed by atoms with Gasteiger partial charge >= 0.3 is 5.97 Å². The van der Waals surface area contributed by atoms with Gasteiger partial charge in [-0.25, -0.2) is 0 Å². The summed E-state index contributed by atoms with van der Waals surface area (Å²) in [5.74, 6) is -0.0155. The molecule has 0 heterocycles. The van der Waals surface area contributed by atoms with E-state index >= 15 is 0 Å². The number of aliphatic hydroxyl groups is 2. The molecular weight excluding hydrogens is 983 g/mol. The normalized spacial score (nSPS) is 12.4. The number of carbonyl (C=O) groups is 2. The number of ether oxygens (including phenoxy) is 1. The van der Waals surface area contributed by atoms with Gasteiger partial charge in [0.05, 0.1) is 25.4 Å². The topological polar surface area (TPSA) is 95.9 Å². The van der Waals surface area contributed by atoms with Crippen molar-refractivity contribution in [1.29, 1.82) is 0 Å². The van der Waals surface area contributed by atoms with Gasteiger partial charge in [-0.3, -0.25) is 9.59 Å². The molecule has 0 rings (SSSR count). The summed E-state index contributed by atoms with van der Waals surface area (Å²) in [5, 5.41) is 23.5. The van der Waals surface area contributed by atoms with Crippen molar-refractivity contribution in [3.63, 3.8) is 0 Å². The Balaban J connectivity index is 3.37. The first-order valence-corrected chi connectivity index (χ1v) is 37.3. The van der Waals surface area contributed by atoms with Crippen molar-refractivity contribution in [1.82, 2.24) is 5.32 Å². The molecule has 0 saturated heterocycles. The van der Waals surface area contributed by atoms with Crippen molar-refractivity contribution in [2.75, 3.05) is 13.2 Å². The summed E-state index contributed by atoms with van der Waals surface area (Å²) in [7, 11) is 0. The maximum absolute atomic E-state index is 12.6. The van der Waals surface area contributed by atoms with Gasteiger partial charge < -0.3 is 20.3 Å². The van der Waals surface area contributed by atoms with Crippen molar-refractivity contribution in [2.24, 2.45) is 0 Å². The standard InChI is InChI=1S/C74H147NO5/c1-3-5-7-9-11-13-15-17-19-21-23-24-25-26-27-28-31-34-38-42-46-50-54-58-62-66-72(77)71(70-76)75-73(78)67-63-59-55-51-47-43-39-35-32-29-33-37-41-45-49-53-57-61-65-69-80-74(79)68-64-60-56-52-48-44-40-36-30-22-20-18-16-14-12-10-8-6-4-2/h71-72,76-77H,3-70H2,1-2H3,(H,75,78). The van der Waals surface area contributed by atoms with Crippen LogP contribution in [0.15, 0.2) is 0 Å². The summed E-state index contributed by atoms with van der Waals surface area (Å²) in [4.78, 5) is 24.7. The first-order valence-electron chi connectivity index (χ1n) is 37.3. The molecule has 0 radical (unpaired) electrons. The SMILES string of the molecule is CCCCCCCCCCCCCCCCCCCCCCCCCCCC(O)C(CO)NC(=O)CCCCCCCCCCCCCCCCCCCCCOC(=O)CCCCCCCCCCCCCCCCCCCCC. The molecule has 6 nitrogen and oxygen atoms in total. The minimum atomic E-state index is -0.667. The Morgan fingerprint density at radius 3 is 0.762 bits per heavy atom. The Labute approximate surface area is 502 Å². The summed E-state index contributed by atoms with van der Waals surface area (Å²) in [6.07, 6.45) is 85.9. The summed E-state index contributed by atoms with van der Waals surface area (Å²) in [6, 6.07) is -0.544. The van der Waals surface area contributed by atoms with Crippen molar-refractivity contribution in [3.05, 3.63) is 0 Å². The van der Waals surface area contributed by atoms with E-state index in [-0.39, 0.29) is 18.5 Å². The molecule has 3 N–H and O–H groups in total. The summed E-state index contributed by atoms with van der Waals surface area (Å²) >= 11 is 0. The smallest absolute Gasteiger partial charge is 0.305 e. The number of nitrogens with one attached hydrogen (secondary N) is 1. The average Bonchev–Trinajstić information content (AvgIpc) is 3.46. The molecule has 2 atom stereocenters. The first kappa shape index (κ1) is 78.9. The monoisotopic (exact) mass is 1130 g/mol. The zero-order valence-electron chi connectivity index (χ0n) is 54.9. The molecule has 478 valence electrons. The van der Waals surface area contributed by atoms with E-state index in [1.54, 1.807) is 0 Å². The van der Waals surface area contributed by atoms with Gasteiger partial charge in [-0.1, -0.05) is 399 Å². The Hall–Kier alpha value is -1.14. The lowest BCUT2D eigenvalue weighted by molar-refractivity contribution is -0.143. The maximum atomic E-state index is 12.6. The second-order valence-corrected chi connectivity index (χ2v) is 26.0. The van der Waals surface area contributed by atoms with Crippen LogP contribution in [0.4, 0.5) is 0 Å². The highest BCUT2D eigenvalue weighted by molar-refractivity contribution is 5.76. The second-order valence-electron chi connectivity index (χ2n) is 26.0. The zero-order valence-corrected chi connectivity index (χ0v) is 54.9. The highest BCUT2D eigenvalue weighted by Gasteiger charge is 2.20. The molecule has 0 fully saturated rings.